The third-order valence-electron chi connectivity index (χ3n) is 4.60. The highest BCUT2D eigenvalue weighted by Gasteiger charge is 2.23. The molecule has 1 N–H and O–H groups in total. The fourth-order valence-corrected chi connectivity index (χ4v) is 4.42. The molecule has 0 saturated heterocycles. The third kappa shape index (κ3) is 3.76. The van der Waals surface area contributed by atoms with Crippen molar-refractivity contribution in [1.29, 1.82) is 0 Å². The molecule has 3 aromatic rings. The minimum atomic E-state index is 0.440. The summed E-state index contributed by atoms with van der Waals surface area (Å²) in [6, 6.07) is 23.8. The molecule has 4 rings (SSSR count). The van der Waals surface area contributed by atoms with Crippen LogP contribution in [0.5, 0.6) is 0 Å². The number of nitrogens with one attached hydrogen (secondary N) is 1. The van der Waals surface area contributed by atoms with Crippen molar-refractivity contribution in [3.63, 3.8) is 0 Å². The first-order valence-corrected chi connectivity index (χ1v) is 9.89. The van der Waals surface area contributed by atoms with Gasteiger partial charge < -0.3 is 10.2 Å². The highest BCUT2D eigenvalue weighted by molar-refractivity contribution is 7.99. The predicted octanol–water partition coefficient (Wildman–Crippen LogP) is 4.91. The summed E-state index contributed by atoms with van der Waals surface area (Å²) < 4.78 is 0. The molecule has 26 heavy (non-hydrogen) atoms. The lowest BCUT2D eigenvalue weighted by Crippen LogP contribution is -2.36. The smallest absolute Gasteiger partial charge is 0.147 e. The van der Waals surface area contributed by atoms with Gasteiger partial charge in [0.25, 0.3) is 0 Å². The van der Waals surface area contributed by atoms with E-state index >= 15 is 0 Å². The Hall–Kier alpha value is -2.30. The summed E-state index contributed by atoms with van der Waals surface area (Å²) in [6.45, 7) is 4.07. The molecule has 3 nitrogen and oxygen atoms in total. The molecule has 132 valence electrons. The fourth-order valence-electron chi connectivity index (χ4n) is 3.35. The number of anilines is 2. The molecule has 0 aliphatic carbocycles. The Morgan fingerprint density at radius 2 is 1.73 bits per heavy atom. The van der Waals surface area contributed by atoms with Gasteiger partial charge in [0.15, 0.2) is 0 Å². The minimum Gasteiger partial charge on any atom is -0.323 e. The predicted molar refractivity (Wildman–Crippen MR) is 109 cm³/mol. The van der Waals surface area contributed by atoms with Crippen LogP contribution in [0.15, 0.2) is 82.7 Å². The molecule has 1 aliphatic rings. The monoisotopic (exact) mass is 361 g/mol. The van der Waals surface area contributed by atoms with Crippen LogP contribution in [0.3, 0.4) is 0 Å². The molecule has 0 amide bonds. The van der Waals surface area contributed by atoms with E-state index in [-0.39, 0.29) is 0 Å². The maximum absolute atomic E-state index is 4.64. The molecule has 1 aromatic heterocycles. The SMILES string of the molecule is CC(Cc1ccccc1)NCCN1c2ccccc2Sc2cccnc21. The highest BCUT2D eigenvalue weighted by Crippen LogP contribution is 2.46. The van der Waals surface area contributed by atoms with Crippen molar-refractivity contribution < 1.29 is 0 Å². The summed E-state index contributed by atoms with van der Waals surface area (Å²) in [5.41, 5.74) is 2.63. The van der Waals surface area contributed by atoms with Crippen LogP contribution in [0.1, 0.15) is 12.5 Å². The Kier molecular flexibility index (Phi) is 5.23. The van der Waals surface area contributed by atoms with Gasteiger partial charge in [0.05, 0.1) is 10.6 Å². The summed E-state index contributed by atoms with van der Waals surface area (Å²) in [5.74, 6) is 1.06. The van der Waals surface area contributed by atoms with Gasteiger partial charge in [-0.05, 0) is 43.2 Å². The molecule has 1 atom stereocenters. The summed E-state index contributed by atoms with van der Waals surface area (Å²) >= 11 is 1.80. The van der Waals surface area contributed by atoms with E-state index in [0.717, 1.165) is 25.3 Å². The van der Waals surface area contributed by atoms with Crippen molar-refractivity contribution in [2.75, 3.05) is 18.0 Å². The van der Waals surface area contributed by atoms with Crippen molar-refractivity contribution in [3.8, 4) is 0 Å². The number of para-hydroxylation sites is 1. The maximum Gasteiger partial charge on any atom is 0.147 e. The second-order valence-corrected chi connectivity index (χ2v) is 7.68. The summed E-state index contributed by atoms with van der Waals surface area (Å²) in [7, 11) is 0. The van der Waals surface area contributed by atoms with E-state index < -0.39 is 0 Å². The van der Waals surface area contributed by atoms with Gasteiger partial charge in [-0.1, -0.05) is 54.2 Å². The average Bonchev–Trinajstić information content (AvgIpc) is 2.68. The minimum absolute atomic E-state index is 0.440. The Labute approximate surface area is 159 Å². The first-order valence-electron chi connectivity index (χ1n) is 9.08. The van der Waals surface area contributed by atoms with E-state index in [9.17, 15) is 0 Å². The molecule has 0 spiro atoms. The van der Waals surface area contributed by atoms with Crippen molar-refractivity contribution in [3.05, 3.63) is 78.5 Å². The van der Waals surface area contributed by atoms with Gasteiger partial charge in [0, 0.05) is 30.2 Å². The number of aromatic nitrogens is 1. The lowest BCUT2D eigenvalue weighted by molar-refractivity contribution is 0.550. The van der Waals surface area contributed by atoms with E-state index in [2.05, 4.69) is 82.8 Å². The van der Waals surface area contributed by atoms with Gasteiger partial charge >= 0.3 is 0 Å². The van der Waals surface area contributed by atoms with Gasteiger partial charge in [0.1, 0.15) is 5.82 Å². The first kappa shape index (κ1) is 17.1. The molecule has 2 heterocycles. The second-order valence-electron chi connectivity index (χ2n) is 6.59. The van der Waals surface area contributed by atoms with Crippen LogP contribution in [0, 0.1) is 0 Å². The van der Waals surface area contributed by atoms with Gasteiger partial charge in [-0.25, -0.2) is 4.98 Å². The first-order chi connectivity index (χ1) is 12.8. The molecule has 2 aromatic carbocycles. The van der Waals surface area contributed by atoms with Crippen molar-refractivity contribution in [1.82, 2.24) is 10.3 Å². The molecule has 0 radical (unpaired) electrons. The van der Waals surface area contributed by atoms with Gasteiger partial charge in [0.2, 0.25) is 0 Å². The van der Waals surface area contributed by atoms with Crippen LogP contribution in [0.25, 0.3) is 0 Å². The number of benzene rings is 2. The van der Waals surface area contributed by atoms with Gasteiger partial charge in [-0.2, -0.15) is 0 Å². The summed E-state index contributed by atoms with van der Waals surface area (Å²) in [4.78, 5) is 9.50. The number of rotatable bonds is 6. The lowest BCUT2D eigenvalue weighted by atomic mass is 10.1. The maximum atomic E-state index is 4.64. The zero-order chi connectivity index (χ0) is 17.8. The standard InChI is InChI=1S/C22H23N3S/c1-17(16-18-8-3-2-4-9-18)23-14-15-25-19-10-5-6-11-20(19)26-21-12-7-13-24-22(21)25/h2-13,17,23H,14-16H2,1H3. The number of hydrogen-bond acceptors (Lipinski definition) is 4. The Morgan fingerprint density at radius 1 is 0.962 bits per heavy atom. The fraction of sp³-hybridized carbons (Fsp3) is 0.227. The van der Waals surface area contributed by atoms with E-state index in [0.29, 0.717) is 6.04 Å². The zero-order valence-electron chi connectivity index (χ0n) is 14.9. The third-order valence-corrected chi connectivity index (χ3v) is 5.70. The number of fused-ring (bicyclic) bond motifs is 2. The Bertz CT molecular complexity index is 821. The normalized spacial score (nSPS) is 13.8. The average molecular weight is 362 g/mol. The van der Waals surface area contributed by atoms with Crippen molar-refractivity contribution in [2.24, 2.45) is 0 Å². The summed E-state index contributed by atoms with van der Waals surface area (Å²) in [6.07, 6.45) is 2.92. The molecule has 0 bridgehead atoms. The molecule has 0 saturated carbocycles. The van der Waals surface area contributed by atoms with Crippen LogP contribution in [-0.4, -0.2) is 24.1 Å². The highest BCUT2D eigenvalue weighted by atomic mass is 32.2. The second kappa shape index (κ2) is 7.94. The molecule has 0 fully saturated rings. The van der Waals surface area contributed by atoms with E-state index in [4.69, 9.17) is 0 Å². The van der Waals surface area contributed by atoms with E-state index in [1.165, 1.54) is 21.0 Å². The summed E-state index contributed by atoms with van der Waals surface area (Å²) in [5, 5.41) is 3.66. The molecular weight excluding hydrogens is 338 g/mol. The van der Waals surface area contributed by atoms with Gasteiger partial charge in [-0.15, -0.1) is 0 Å². The van der Waals surface area contributed by atoms with Crippen LogP contribution < -0.4 is 10.2 Å². The molecule has 4 heteroatoms. The van der Waals surface area contributed by atoms with Gasteiger partial charge in [-0.3, -0.25) is 0 Å². The van der Waals surface area contributed by atoms with Crippen molar-refractivity contribution in [2.45, 2.75) is 29.2 Å². The van der Waals surface area contributed by atoms with Crippen LogP contribution >= 0.6 is 11.8 Å². The van der Waals surface area contributed by atoms with Crippen LogP contribution in [0.4, 0.5) is 11.5 Å². The topological polar surface area (TPSA) is 28.2 Å². The molecule has 1 unspecified atom stereocenters. The quantitative estimate of drug-likeness (QED) is 0.675. The van der Waals surface area contributed by atoms with Crippen LogP contribution in [0.2, 0.25) is 0 Å². The Balaban J connectivity index is 1.43. The van der Waals surface area contributed by atoms with Crippen molar-refractivity contribution >= 4 is 23.3 Å². The molecular formula is C22H23N3S. The van der Waals surface area contributed by atoms with Crippen LogP contribution in [-0.2, 0) is 6.42 Å². The number of hydrogen-bond donors (Lipinski definition) is 1. The largest absolute Gasteiger partial charge is 0.323 e. The molecule has 1 aliphatic heterocycles. The van der Waals surface area contributed by atoms with E-state index in [1.54, 1.807) is 11.8 Å². The van der Waals surface area contributed by atoms with E-state index in [1.807, 2.05) is 12.3 Å². The number of nitrogens with zero attached hydrogens (tertiary/aromatic N) is 2. The zero-order valence-corrected chi connectivity index (χ0v) is 15.7. The number of pyridine rings is 1. The Morgan fingerprint density at radius 3 is 2.62 bits per heavy atom. The lowest BCUT2D eigenvalue weighted by Gasteiger charge is -2.32.